The molecule has 0 fully saturated rings. The van der Waals surface area contributed by atoms with Gasteiger partial charge in [-0.05, 0) is 64.0 Å². The van der Waals surface area contributed by atoms with E-state index in [0.717, 1.165) is 61.4 Å². The number of nitrogens with zero attached hydrogens (tertiary/aromatic N) is 4. The molecule has 0 aliphatic heterocycles. The number of aromatic nitrogens is 4. The first-order valence-electron chi connectivity index (χ1n) is 19.4. The van der Waals surface area contributed by atoms with E-state index < -0.39 is 0 Å². The van der Waals surface area contributed by atoms with Gasteiger partial charge in [0.15, 0.2) is 5.65 Å². The second kappa shape index (κ2) is 16.4. The molecule has 5 nitrogen and oxygen atoms in total. The molecule has 57 heavy (non-hydrogen) atoms. The molecule has 0 bridgehead atoms. The van der Waals surface area contributed by atoms with Crippen molar-refractivity contribution in [3.05, 3.63) is 169 Å². The molecule has 0 atom stereocenters. The van der Waals surface area contributed by atoms with Gasteiger partial charge in [-0.1, -0.05) is 132 Å². The van der Waals surface area contributed by atoms with E-state index in [0.29, 0.717) is 11.8 Å². The maximum atomic E-state index is 6.45. The van der Waals surface area contributed by atoms with Gasteiger partial charge in [0.1, 0.15) is 5.58 Å². The Kier molecular flexibility index (Phi) is 11.4. The van der Waals surface area contributed by atoms with Crippen LogP contribution in [0.5, 0.6) is 0 Å². The van der Waals surface area contributed by atoms with Gasteiger partial charge in [0.05, 0.1) is 16.9 Å². The Labute approximate surface area is 349 Å². The van der Waals surface area contributed by atoms with Crippen LogP contribution >= 0.6 is 0 Å². The van der Waals surface area contributed by atoms with Crippen molar-refractivity contribution in [1.82, 2.24) is 19.5 Å². The molecule has 287 valence electrons. The molecule has 1 radical (unpaired) electrons. The van der Waals surface area contributed by atoms with Crippen LogP contribution in [0.4, 0.5) is 0 Å². The number of furan rings is 1. The van der Waals surface area contributed by atoms with E-state index >= 15 is 0 Å². The average Bonchev–Trinajstić information content (AvgIpc) is 3.79. The SMILES string of the molecule is CC(C)c1cccc(C(C)C)c1-n1c(-c2[c-]ccc3c2oc2ccccc23)nc2nc(C(C)(C)C)ccc21.[Ir].[c-]1ccccc1-c1cc(-c2ccccc2)ccn1. The summed E-state index contributed by atoms with van der Waals surface area (Å²) >= 11 is 0. The fourth-order valence-corrected chi connectivity index (χ4v) is 7.34. The van der Waals surface area contributed by atoms with Crippen LogP contribution in [0.15, 0.2) is 144 Å². The van der Waals surface area contributed by atoms with Crippen LogP contribution in [0.2, 0.25) is 0 Å². The number of fused-ring (bicyclic) bond motifs is 4. The molecule has 0 aliphatic rings. The third-order valence-electron chi connectivity index (χ3n) is 10.3. The third-order valence-corrected chi connectivity index (χ3v) is 10.3. The summed E-state index contributed by atoms with van der Waals surface area (Å²) < 4.78 is 8.76. The number of para-hydroxylation sites is 2. The van der Waals surface area contributed by atoms with Crippen molar-refractivity contribution in [2.45, 2.75) is 65.7 Å². The summed E-state index contributed by atoms with van der Waals surface area (Å²) in [4.78, 5) is 14.7. The Bertz CT molecular complexity index is 2710. The van der Waals surface area contributed by atoms with Gasteiger partial charge >= 0.3 is 0 Å². The van der Waals surface area contributed by atoms with Crippen molar-refractivity contribution < 1.29 is 24.5 Å². The molecule has 9 aromatic rings. The molecule has 4 heterocycles. The summed E-state index contributed by atoms with van der Waals surface area (Å²) in [6.07, 6.45) is 1.85. The van der Waals surface area contributed by atoms with Gasteiger partial charge in [-0.2, -0.15) is 0 Å². The summed E-state index contributed by atoms with van der Waals surface area (Å²) in [6, 6.07) is 52.3. The molecule has 0 spiro atoms. The first-order chi connectivity index (χ1) is 27.1. The van der Waals surface area contributed by atoms with Crippen LogP contribution in [0.25, 0.3) is 72.6 Å². The van der Waals surface area contributed by atoms with Gasteiger partial charge in [-0.25, -0.2) is 4.98 Å². The van der Waals surface area contributed by atoms with Crippen molar-refractivity contribution in [2.24, 2.45) is 0 Å². The topological polar surface area (TPSA) is 56.7 Å². The van der Waals surface area contributed by atoms with Gasteiger partial charge < -0.3 is 14.0 Å². The van der Waals surface area contributed by atoms with Crippen LogP contribution in [0.3, 0.4) is 0 Å². The fourth-order valence-electron chi connectivity index (χ4n) is 7.34. The number of hydrogen-bond donors (Lipinski definition) is 0. The van der Waals surface area contributed by atoms with Crippen LogP contribution in [0, 0.1) is 12.1 Å². The van der Waals surface area contributed by atoms with E-state index in [4.69, 9.17) is 14.4 Å². The number of rotatable bonds is 6. The van der Waals surface area contributed by atoms with E-state index in [9.17, 15) is 0 Å². The molecule has 0 N–H and O–H groups in total. The maximum Gasteiger partial charge on any atom is 0.168 e. The number of hydrogen-bond acceptors (Lipinski definition) is 4. The molecule has 0 unspecified atom stereocenters. The van der Waals surface area contributed by atoms with Crippen molar-refractivity contribution in [1.29, 1.82) is 0 Å². The third kappa shape index (κ3) is 7.85. The Morgan fingerprint density at radius 1 is 0.649 bits per heavy atom. The smallest absolute Gasteiger partial charge is 0.168 e. The molecule has 0 amide bonds. The zero-order valence-corrected chi connectivity index (χ0v) is 35.9. The summed E-state index contributed by atoms with van der Waals surface area (Å²) in [5.41, 5.74) is 13.3. The Morgan fingerprint density at radius 3 is 2.07 bits per heavy atom. The van der Waals surface area contributed by atoms with Gasteiger partial charge in [-0.3, -0.25) is 4.98 Å². The predicted octanol–water partition coefficient (Wildman–Crippen LogP) is 13.5. The van der Waals surface area contributed by atoms with E-state index in [1.165, 1.54) is 27.9 Å². The van der Waals surface area contributed by atoms with Crippen molar-refractivity contribution in [3.8, 4) is 39.5 Å². The number of pyridine rings is 2. The summed E-state index contributed by atoms with van der Waals surface area (Å²) in [5.74, 6) is 1.47. The summed E-state index contributed by atoms with van der Waals surface area (Å²) in [7, 11) is 0. The van der Waals surface area contributed by atoms with E-state index in [1.54, 1.807) is 0 Å². The molecule has 5 aromatic carbocycles. The minimum absolute atomic E-state index is 0. The Morgan fingerprint density at radius 2 is 1.37 bits per heavy atom. The maximum absolute atomic E-state index is 6.45. The van der Waals surface area contributed by atoms with Crippen LogP contribution in [-0.2, 0) is 25.5 Å². The van der Waals surface area contributed by atoms with Crippen molar-refractivity contribution in [3.63, 3.8) is 0 Å². The van der Waals surface area contributed by atoms with E-state index in [2.05, 4.69) is 137 Å². The monoisotopic (exact) mass is 923 g/mol. The molecule has 0 saturated carbocycles. The number of imidazole rings is 1. The van der Waals surface area contributed by atoms with Gasteiger partial charge in [0, 0.05) is 48.5 Å². The molecule has 4 aromatic heterocycles. The average molecular weight is 923 g/mol. The number of benzene rings is 5. The minimum atomic E-state index is -0.0814. The van der Waals surface area contributed by atoms with Gasteiger partial charge in [0.25, 0.3) is 0 Å². The first-order valence-corrected chi connectivity index (χ1v) is 19.4. The molecule has 0 aliphatic carbocycles. The minimum Gasteiger partial charge on any atom is -0.501 e. The van der Waals surface area contributed by atoms with Crippen molar-refractivity contribution >= 4 is 33.1 Å². The van der Waals surface area contributed by atoms with Crippen LogP contribution in [-0.4, -0.2) is 19.5 Å². The normalized spacial score (nSPS) is 11.6. The first kappa shape index (κ1) is 39.6. The molecule has 0 saturated heterocycles. The van der Waals surface area contributed by atoms with Crippen LogP contribution in [0.1, 0.15) is 77.1 Å². The van der Waals surface area contributed by atoms with E-state index in [-0.39, 0.29) is 25.5 Å². The quantitative estimate of drug-likeness (QED) is 0.156. The van der Waals surface area contributed by atoms with Gasteiger partial charge in [-0.15, -0.1) is 54.1 Å². The molecule has 6 heteroatoms. The zero-order chi connectivity index (χ0) is 39.0. The standard InChI is InChI=1S/C34H34N3O.C17H12N.Ir/c1-20(2)22-13-10-14-23(21(3)4)30(22)37-27-18-19-29(34(5,6)7)35-32(27)36-33(37)26-16-11-15-25-24-12-8-9-17-28(24)38-31(25)26;1-3-7-14(8-4-1)16-11-12-18-17(13-16)15-9-5-2-6-10-15;/h8-15,17-21H,1-7H3;1-9,11-13H;/q2*-1;. The zero-order valence-electron chi connectivity index (χ0n) is 33.5. The summed E-state index contributed by atoms with van der Waals surface area (Å²) in [5, 5.41) is 2.16. The molecular weight excluding hydrogens is 877 g/mol. The Balaban J connectivity index is 0.000000219. The second-order valence-electron chi connectivity index (χ2n) is 15.9. The van der Waals surface area contributed by atoms with Crippen LogP contribution < -0.4 is 0 Å². The van der Waals surface area contributed by atoms with Crippen molar-refractivity contribution in [2.75, 3.05) is 0 Å². The summed E-state index contributed by atoms with van der Waals surface area (Å²) in [6.45, 7) is 15.6. The predicted molar refractivity (Wildman–Crippen MR) is 231 cm³/mol. The largest absolute Gasteiger partial charge is 0.501 e. The Hall–Kier alpha value is -5.68. The second-order valence-corrected chi connectivity index (χ2v) is 15.9. The fraction of sp³-hybridized carbons (Fsp3) is 0.196. The molecule has 9 rings (SSSR count). The molecular formula is C51H46IrN4O-2. The van der Waals surface area contributed by atoms with E-state index in [1.807, 2.05) is 72.9 Å². The van der Waals surface area contributed by atoms with Gasteiger partial charge in [0.2, 0.25) is 0 Å².